The normalized spacial score (nSPS) is 12.8. The molecule has 1 atom stereocenters. The van der Waals surface area contributed by atoms with E-state index in [2.05, 4.69) is 130 Å². The highest BCUT2D eigenvalue weighted by molar-refractivity contribution is 5.71. The van der Waals surface area contributed by atoms with Crippen molar-refractivity contribution in [2.45, 2.75) is 316 Å². The Morgan fingerprint density at radius 2 is 0.500 bits per heavy atom. The van der Waals surface area contributed by atoms with Crippen LogP contribution in [0.5, 0.6) is 0 Å². The van der Waals surface area contributed by atoms with Gasteiger partial charge in [0.15, 0.2) is 6.10 Å². The van der Waals surface area contributed by atoms with Gasteiger partial charge < -0.3 is 14.2 Å². The minimum Gasteiger partial charge on any atom is -0.462 e. The molecule has 0 aromatic rings. The zero-order valence-corrected chi connectivity index (χ0v) is 51.2. The van der Waals surface area contributed by atoms with Crippen LogP contribution in [0.15, 0.2) is 109 Å². The molecule has 0 amide bonds. The molecule has 0 aromatic carbocycles. The predicted molar refractivity (Wildman–Crippen MR) is 339 cm³/mol. The summed E-state index contributed by atoms with van der Waals surface area (Å²) in [7, 11) is 0. The van der Waals surface area contributed by atoms with Crippen molar-refractivity contribution < 1.29 is 28.6 Å². The van der Waals surface area contributed by atoms with E-state index >= 15 is 0 Å². The summed E-state index contributed by atoms with van der Waals surface area (Å²) in [6.45, 7) is 6.48. The van der Waals surface area contributed by atoms with Crippen molar-refractivity contribution in [3.63, 3.8) is 0 Å². The van der Waals surface area contributed by atoms with Crippen LogP contribution >= 0.6 is 0 Å². The van der Waals surface area contributed by atoms with Crippen molar-refractivity contribution in [3.05, 3.63) is 109 Å². The average molecular weight is 1080 g/mol. The first-order valence-corrected chi connectivity index (χ1v) is 32.9. The van der Waals surface area contributed by atoms with Gasteiger partial charge >= 0.3 is 17.9 Å². The van der Waals surface area contributed by atoms with Gasteiger partial charge in [0.05, 0.1) is 0 Å². The van der Waals surface area contributed by atoms with Gasteiger partial charge in [-0.25, -0.2) is 0 Å². The summed E-state index contributed by atoms with van der Waals surface area (Å²) in [4.78, 5) is 38.2. The van der Waals surface area contributed by atoms with Gasteiger partial charge in [-0.2, -0.15) is 0 Å². The number of carbonyl (C=O) groups is 3. The molecule has 0 rings (SSSR count). The van der Waals surface area contributed by atoms with Crippen LogP contribution in [0.25, 0.3) is 0 Å². The van der Waals surface area contributed by atoms with E-state index in [1.54, 1.807) is 0 Å². The number of hydrogen-bond acceptors (Lipinski definition) is 6. The maximum absolute atomic E-state index is 12.9. The Balaban J connectivity index is 4.20. The lowest BCUT2D eigenvalue weighted by atomic mass is 10.0. The predicted octanol–water partition coefficient (Wildman–Crippen LogP) is 22.6. The smallest absolute Gasteiger partial charge is 0.306 e. The number of rotatable bonds is 59. The number of esters is 3. The van der Waals surface area contributed by atoms with Crippen LogP contribution in [-0.4, -0.2) is 37.2 Å². The highest BCUT2D eigenvalue weighted by Crippen LogP contribution is 2.16. The maximum atomic E-state index is 12.9. The summed E-state index contributed by atoms with van der Waals surface area (Å²) in [6.07, 6.45) is 89.8. The zero-order valence-electron chi connectivity index (χ0n) is 51.2. The lowest BCUT2D eigenvalue weighted by molar-refractivity contribution is -0.167. The third-order valence-corrected chi connectivity index (χ3v) is 14.0. The molecule has 1 unspecified atom stereocenters. The molecule has 0 aliphatic heterocycles. The van der Waals surface area contributed by atoms with Crippen molar-refractivity contribution >= 4 is 17.9 Å². The van der Waals surface area contributed by atoms with Crippen molar-refractivity contribution in [2.24, 2.45) is 0 Å². The molecule has 0 N–H and O–H groups in total. The molecule has 0 fully saturated rings. The van der Waals surface area contributed by atoms with Crippen LogP contribution in [-0.2, 0) is 28.6 Å². The fourth-order valence-electron chi connectivity index (χ4n) is 9.10. The van der Waals surface area contributed by atoms with Gasteiger partial charge in [0.1, 0.15) is 13.2 Å². The first-order valence-electron chi connectivity index (χ1n) is 32.9. The molecule has 6 heteroatoms. The highest BCUT2D eigenvalue weighted by atomic mass is 16.6. The summed E-state index contributed by atoms with van der Waals surface area (Å²) in [5.41, 5.74) is 0. The van der Waals surface area contributed by atoms with E-state index in [0.717, 1.165) is 122 Å². The largest absolute Gasteiger partial charge is 0.462 e. The minimum absolute atomic E-state index is 0.0876. The summed E-state index contributed by atoms with van der Waals surface area (Å²) in [6, 6.07) is 0. The fraction of sp³-hybridized carbons (Fsp3) is 0.708. The molecule has 0 aliphatic rings. The maximum Gasteiger partial charge on any atom is 0.306 e. The molecule has 0 saturated heterocycles. The minimum atomic E-state index is -0.792. The number of allylic oxidation sites excluding steroid dienone is 18. The molecule has 0 bridgehead atoms. The van der Waals surface area contributed by atoms with Crippen molar-refractivity contribution in [2.75, 3.05) is 13.2 Å². The van der Waals surface area contributed by atoms with Crippen LogP contribution in [0.3, 0.4) is 0 Å². The van der Waals surface area contributed by atoms with E-state index in [4.69, 9.17) is 14.2 Å². The molecule has 0 aromatic heterocycles. The van der Waals surface area contributed by atoms with Gasteiger partial charge in [0.2, 0.25) is 0 Å². The Hall–Kier alpha value is -3.93. The Kier molecular flexibility index (Phi) is 62.3. The summed E-state index contributed by atoms with van der Waals surface area (Å²) in [5, 5.41) is 0. The SMILES string of the molecule is CC/C=C\C/C=C\C/C=C\C/C=C\C/C=C\C/C=C\CCCCCCC(=O)OC(COC(=O)CCCCCCCCCC)COC(=O)CCCCCCCCCCCCCCCC/C=C\C/C=C\C/C=C\CCCCCCC. The van der Waals surface area contributed by atoms with Crippen LogP contribution in [0, 0.1) is 0 Å². The van der Waals surface area contributed by atoms with Crippen molar-refractivity contribution in [1.82, 2.24) is 0 Å². The Morgan fingerprint density at radius 3 is 0.782 bits per heavy atom. The topological polar surface area (TPSA) is 78.9 Å². The zero-order chi connectivity index (χ0) is 56.4. The molecule has 0 heterocycles. The Morgan fingerprint density at radius 1 is 0.269 bits per heavy atom. The number of unbranched alkanes of at least 4 members (excludes halogenated alkanes) is 30. The van der Waals surface area contributed by atoms with Gasteiger partial charge in [0, 0.05) is 19.3 Å². The highest BCUT2D eigenvalue weighted by Gasteiger charge is 2.19. The molecule has 78 heavy (non-hydrogen) atoms. The van der Waals surface area contributed by atoms with Crippen LogP contribution in [0.2, 0.25) is 0 Å². The average Bonchev–Trinajstić information content (AvgIpc) is 3.44. The van der Waals surface area contributed by atoms with Crippen LogP contribution < -0.4 is 0 Å². The Labute approximate surface area is 482 Å². The van der Waals surface area contributed by atoms with E-state index in [1.807, 2.05) is 0 Å². The number of ether oxygens (including phenoxy) is 3. The second kappa shape index (κ2) is 65.6. The van der Waals surface area contributed by atoms with E-state index in [0.29, 0.717) is 19.3 Å². The molecular formula is C72H122O6. The van der Waals surface area contributed by atoms with Gasteiger partial charge in [0.25, 0.3) is 0 Å². The summed E-state index contributed by atoms with van der Waals surface area (Å²) in [5.74, 6) is -0.911. The molecule has 0 spiro atoms. The van der Waals surface area contributed by atoms with Gasteiger partial charge in [-0.05, 0) is 109 Å². The summed E-state index contributed by atoms with van der Waals surface area (Å²) >= 11 is 0. The monoisotopic (exact) mass is 1080 g/mol. The summed E-state index contributed by atoms with van der Waals surface area (Å²) < 4.78 is 16.9. The molecular weight excluding hydrogens is 961 g/mol. The number of hydrogen-bond donors (Lipinski definition) is 0. The van der Waals surface area contributed by atoms with Crippen LogP contribution in [0.4, 0.5) is 0 Å². The lowest BCUT2D eigenvalue weighted by Gasteiger charge is -2.18. The van der Waals surface area contributed by atoms with Crippen molar-refractivity contribution in [3.8, 4) is 0 Å². The van der Waals surface area contributed by atoms with Crippen molar-refractivity contribution in [1.29, 1.82) is 0 Å². The second-order valence-electron chi connectivity index (χ2n) is 21.6. The third-order valence-electron chi connectivity index (χ3n) is 14.0. The lowest BCUT2D eigenvalue weighted by Crippen LogP contribution is -2.30. The van der Waals surface area contributed by atoms with Gasteiger partial charge in [-0.15, -0.1) is 0 Å². The fourth-order valence-corrected chi connectivity index (χ4v) is 9.10. The third kappa shape index (κ3) is 62.9. The molecule has 0 saturated carbocycles. The quantitative estimate of drug-likeness (QED) is 0.0261. The first kappa shape index (κ1) is 74.1. The van der Waals surface area contributed by atoms with E-state index in [1.165, 1.54) is 148 Å². The number of carbonyl (C=O) groups excluding carboxylic acids is 3. The van der Waals surface area contributed by atoms with Crippen LogP contribution in [0.1, 0.15) is 310 Å². The standard InChI is InChI=1S/C72H122O6/c1-4-7-10-13-16-19-21-23-25-27-29-31-33-34-35-36-37-38-40-41-43-45-47-49-51-53-56-59-62-65-71(74)77-68-69(67-76-70(73)64-61-58-55-18-15-12-9-6-3)78-72(75)66-63-60-57-54-52-50-48-46-44-42-39-32-30-28-26-24-22-20-17-14-11-8-5-2/h8,11,17,20-21,23-24,26-27,29-30,32-34,42,44,48,50,69H,4-7,9-10,12-16,18-19,22,25,28,31,35-41,43,45-47,49,51-68H2,1-3H3/b11-8-,20-17-,23-21-,26-24-,29-27-,32-30-,34-33-,44-42-,50-48-. The molecule has 0 radical (unpaired) electrons. The Bertz CT molecular complexity index is 1570. The molecule has 0 aliphatic carbocycles. The molecule has 446 valence electrons. The molecule has 6 nitrogen and oxygen atoms in total. The van der Waals surface area contributed by atoms with Gasteiger partial charge in [-0.1, -0.05) is 291 Å². The van der Waals surface area contributed by atoms with E-state index < -0.39 is 6.10 Å². The first-order chi connectivity index (χ1) is 38.5. The van der Waals surface area contributed by atoms with E-state index in [9.17, 15) is 14.4 Å². The van der Waals surface area contributed by atoms with Gasteiger partial charge in [-0.3, -0.25) is 14.4 Å². The van der Waals surface area contributed by atoms with E-state index in [-0.39, 0.29) is 31.1 Å². The second-order valence-corrected chi connectivity index (χ2v) is 21.6.